The molecule has 134 valence electrons. The zero-order valence-corrected chi connectivity index (χ0v) is 14.6. The average molecular weight is 344 g/mol. The summed E-state index contributed by atoms with van der Waals surface area (Å²) in [6.45, 7) is 1.44. The molecule has 2 rings (SSSR count). The fourth-order valence-electron chi connectivity index (χ4n) is 3.06. The van der Waals surface area contributed by atoms with Gasteiger partial charge in [0.15, 0.2) is 0 Å². The lowest BCUT2D eigenvalue weighted by molar-refractivity contribution is -0.152. The minimum atomic E-state index is -0.913. The Labute approximate surface area is 147 Å². The highest BCUT2D eigenvalue weighted by Gasteiger charge is 2.41. The second-order valence-corrected chi connectivity index (χ2v) is 6.26. The Morgan fingerprint density at radius 1 is 1.08 bits per heavy atom. The van der Waals surface area contributed by atoms with E-state index < -0.39 is 5.54 Å². The highest BCUT2D eigenvalue weighted by molar-refractivity contribution is 5.96. The topological polar surface area (TPSA) is 84.5 Å². The Hall–Kier alpha value is -2.63. The second kappa shape index (κ2) is 8.46. The van der Waals surface area contributed by atoms with Gasteiger partial charge in [0.1, 0.15) is 5.54 Å². The van der Waals surface area contributed by atoms with Crippen LogP contribution in [-0.4, -0.2) is 30.4 Å². The number of benzene rings is 1. The molecule has 0 saturated heterocycles. The van der Waals surface area contributed by atoms with E-state index in [2.05, 4.69) is 10.6 Å². The maximum absolute atomic E-state index is 12.3. The van der Waals surface area contributed by atoms with Crippen molar-refractivity contribution in [2.45, 2.75) is 44.6 Å². The molecule has 0 radical (unpaired) electrons. The first kappa shape index (κ1) is 18.7. The number of nitrogens with one attached hydrogen (secondary N) is 2. The van der Waals surface area contributed by atoms with Gasteiger partial charge < -0.3 is 15.4 Å². The van der Waals surface area contributed by atoms with Gasteiger partial charge in [-0.1, -0.05) is 31.4 Å². The monoisotopic (exact) mass is 344 g/mol. The molecule has 1 aromatic carbocycles. The number of anilines is 1. The van der Waals surface area contributed by atoms with Crippen LogP contribution in [0.3, 0.4) is 0 Å². The van der Waals surface area contributed by atoms with Gasteiger partial charge in [-0.15, -0.1) is 0 Å². The maximum atomic E-state index is 12.3. The predicted octanol–water partition coefficient (Wildman–Crippen LogP) is 2.65. The molecule has 2 N–H and O–H groups in total. The van der Waals surface area contributed by atoms with Crippen LogP contribution in [0.2, 0.25) is 0 Å². The van der Waals surface area contributed by atoms with Crippen molar-refractivity contribution in [3.8, 4) is 0 Å². The minimum absolute atomic E-state index is 0.136. The number of amides is 2. The van der Waals surface area contributed by atoms with E-state index in [9.17, 15) is 14.4 Å². The molecule has 1 aliphatic carbocycles. The summed E-state index contributed by atoms with van der Waals surface area (Å²) in [5, 5.41) is 5.51. The number of esters is 1. The van der Waals surface area contributed by atoms with Crippen molar-refractivity contribution < 1.29 is 19.1 Å². The van der Waals surface area contributed by atoms with Crippen LogP contribution in [0.15, 0.2) is 30.3 Å². The lowest BCUT2D eigenvalue weighted by Gasteiger charge is -2.34. The van der Waals surface area contributed by atoms with Crippen molar-refractivity contribution in [2.75, 3.05) is 12.4 Å². The van der Waals surface area contributed by atoms with Crippen LogP contribution in [0, 0.1) is 0 Å². The van der Waals surface area contributed by atoms with E-state index in [-0.39, 0.29) is 17.8 Å². The third-order valence-electron chi connectivity index (χ3n) is 4.30. The van der Waals surface area contributed by atoms with Crippen LogP contribution < -0.4 is 10.6 Å². The number of ether oxygens (including phenoxy) is 1. The fourth-order valence-corrected chi connectivity index (χ4v) is 3.06. The molecule has 6 heteroatoms. The molecule has 1 fully saturated rings. The van der Waals surface area contributed by atoms with Crippen molar-refractivity contribution in [1.82, 2.24) is 5.32 Å². The first-order valence-electron chi connectivity index (χ1n) is 8.41. The summed E-state index contributed by atoms with van der Waals surface area (Å²) in [5.74, 6) is -0.838. The fraction of sp³-hybridized carbons (Fsp3) is 0.421. The van der Waals surface area contributed by atoms with Crippen molar-refractivity contribution in [3.63, 3.8) is 0 Å². The maximum Gasteiger partial charge on any atom is 0.331 e. The molecule has 6 nitrogen and oxygen atoms in total. The molecule has 1 saturated carbocycles. The van der Waals surface area contributed by atoms with Gasteiger partial charge in [-0.25, -0.2) is 4.79 Å². The number of methoxy groups -OCH3 is 1. The summed E-state index contributed by atoms with van der Waals surface area (Å²) in [7, 11) is 1.34. The van der Waals surface area contributed by atoms with Crippen LogP contribution in [0.25, 0.3) is 6.08 Å². The van der Waals surface area contributed by atoms with Gasteiger partial charge in [0.05, 0.1) is 7.11 Å². The summed E-state index contributed by atoms with van der Waals surface area (Å²) in [4.78, 5) is 35.4. The van der Waals surface area contributed by atoms with Crippen LogP contribution in [0.4, 0.5) is 5.69 Å². The van der Waals surface area contributed by atoms with Gasteiger partial charge in [0, 0.05) is 18.7 Å². The smallest absolute Gasteiger partial charge is 0.331 e. The van der Waals surface area contributed by atoms with Crippen molar-refractivity contribution in [2.24, 2.45) is 0 Å². The van der Waals surface area contributed by atoms with Crippen molar-refractivity contribution in [3.05, 3.63) is 35.9 Å². The number of hydrogen-bond acceptors (Lipinski definition) is 4. The molecule has 0 heterocycles. The highest BCUT2D eigenvalue weighted by atomic mass is 16.5. The van der Waals surface area contributed by atoms with E-state index in [0.29, 0.717) is 18.5 Å². The number of rotatable bonds is 5. The molecule has 0 unspecified atom stereocenters. The molecular formula is C19H24N2O4. The van der Waals surface area contributed by atoms with E-state index in [1.165, 1.54) is 20.1 Å². The van der Waals surface area contributed by atoms with E-state index in [1.54, 1.807) is 30.3 Å². The zero-order valence-electron chi connectivity index (χ0n) is 14.6. The largest absolute Gasteiger partial charge is 0.467 e. The van der Waals surface area contributed by atoms with Gasteiger partial charge >= 0.3 is 5.97 Å². The molecule has 0 bridgehead atoms. The van der Waals surface area contributed by atoms with E-state index in [1.807, 2.05) is 0 Å². The summed E-state index contributed by atoms with van der Waals surface area (Å²) >= 11 is 0. The van der Waals surface area contributed by atoms with Crippen LogP contribution in [0.5, 0.6) is 0 Å². The summed E-state index contributed by atoms with van der Waals surface area (Å²) in [6, 6.07) is 7.11. The lowest BCUT2D eigenvalue weighted by atomic mass is 9.81. The number of hydrogen-bond donors (Lipinski definition) is 2. The first-order chi connectivity index (χ1) is 11.9. The Morgan fingerprint density at radius 2 is 1.72 bits per heavy atom. The van der Waals surface area contributed by atoms with Gasteiger partial charge in [0.25, 0.3) is 0 Å². The highest BCUT2D eigenvalue weighted by Crippen LogP contribution is 2.29. The van der Waals surface area contributed by atoms with Crippen LogP contribution in [-0.2, 0) is 19.1 Å². The summed E-state index contributed by atoms with van der Waals surface area (Å²) in [6.07, 6.45) is 7.13. The molecule has 25 heavy (non-hydrogen) atoms. The van der Waals surface area contributed by atoms with E-state index in [4.69, 9.17) is 4.74 Å². The lowest BCUT2D eigenvalue weighted by Crippen LogP contribution is -2.55. The molecule has 0 atom stereocenters. The van der Waals surface area contributed by atoms with Crippen molar-refractivity contribution in [1.29, 1.82) is 0 Å². The Morgan fingerprint density at radius 3 is 2.28 bits per heavy atom. The number of carbonyl (C=O) groups excluding carboxylic acids is 3. The molecule has 1 aliphatic rings. The second-order valence-electron chi connectivity index (χ2n) is 6.26. The van der Waals surface area contributed by atoms with Gasteiger partial charge in [-0.3, -0.25) is 9.59 Å². The zero-order chi connectivity index (χ0) is 18.3. The Kier molecular flexibility index (Phi) is 6.33. The number of carbonyl (C=O) groups is 3. The molecular weight excluding hydrogens is 320 g/mol. The van der Waals surface area contributed by atoms with Gasteiger partial charge in [-0.05, 0) is 36.6 Å². The molecule has 0 aliphatic heterocycles. The first-order valence-corrected chi connectivity index (χ1v) is 8.41. The van der Waals surface area contributed by atoms with Crippen LogP contribution >= 0.6 is 0 Å². The average Bonchev–Trinajstić information content (AvgIpc) is 2.60. The van der Waals surface area contributed by atoms with Gasteiger partial charge in [-0.2, -0.15) is 0 Å². The predicted molar refractivity (Wildman–Crippen MR) is 95.8 cm³/mol. The molecule has 0 aromatic heterocycles. The van der Waals surface area contributed by atoms with Gasteiger partial charge in [0.2, 0.25) is 11.8 Å². The van der Waals surface area contributed by atoms with E-state index >= 15 is 0 Å². The molecule has 2 amide bonds. The molecule has 0 spiro atoms. The summed E-state index contributed by atoms with van der Waals surface area (Å²) in [5.41, 5.74) is 0.602. The third-order valence-corrected chi connectivity index (χ3v) is 4.30. The molecule has 1 aromatic rings. The third kappa shape index (κ3) is 5.17. The standard InChI is InChI=1S/C19H24N2O4/c1-14(22)20-16-9-6-15(7-10-16)8-11-17(23)21-19(18(24)25-2)12-4-3-5-13-19/h6-11H,3-5,12-13H2,1-2H3,(H,20,22)(H,21,23)/b11-8+. The quantitative estimate of drug-likeness (QED) is 0.635. The summed E-state index contributed by atoms with van der Waals surface area (Å²) < 4.78 is 4.89. The van der Waals surface area contributed by atoms with Crippen molar-refractivity contribution >= 4 is 29.5 Å². The normalized spacial score (nSPS) is 16.2. The Bertz CT molecular complexity index is 659. The van der Waals surface area contributed by atoms with Crippen LogP contribution in [0.1, 0.15) is 44.6 Å². The Balaban J connectivity index is 2.01. The minimum Gasteiger partial charge on any atom is -0.467 e. The van der Waals surface area contributed by atoms with E-state index in [0.717, 1.165) is 24.8 Å². The SMILES string of the molecule is COC(=O)C1(NC(=O)/C=C/c2ccc(NC(C)=O)cc2)CCCCC1.